The van der Waals surface area contributed by atoms with Gasteiger partial charge in [-0.05, 0) is 12.1 Å². The molecule has 0 fully saturated rings. The van der Waals surface area contributed by atoms with Crippen molar-refractivity contribution >= 4 is 50.1 Å². The second-order valence-electron chi connectivity index (χ2n) is 4.01. The van der Waals surface area contributed by atoms with Gasteiger partial charge < -0.3 is 0 Å². The minimum Gasteiger partial charge on any atom is -0.0889 e. The summed E-state index contributed by atoms with van der Waals surface area (Å²) in [7, 11) is 4.38. The van der Waals surface area contributed by atoms with Crippen LogP contribution in [0.3, 0.4) is 0 Å². The molecule has 0 aromatic heterocycles. The minimum atomic E-state index is 1.38. The molecule has 1 heterocycles. The van der Waals surface area contributed by atoms with E-state index in [0.29, 0.717) is 0 Å². The molecule has 2 aromatic carbocycles. The Kier molecular flexibility index (Phi) is 2.56. The minimum absolute atomic E-state index is 1.38. The lowest BCUT2D eigenvalue weighted by atomic mass is 9.96. The molecule has 0 amide bonds. The molecular weight excluding hydrogens is 230 g/mol. The fourth-order valence-electron chi connectivity index (χ4n) is 1.89. The summed E-state index contributed by atoms with van der Waals surface area (Å²) < 4.78 is 0. The highest BCUT2D eigenvalue weighted by atomic mass is 32.2. The summed E-state index contributed by atoms with van der Waals surface area (Å²) in [6, 6.07) is 13.1. The summed E-state index contributed by atoms with van der Waals surface area (Å²) in [6.45, 7) is 0. The van der Waals surface area contributed by atoms with Gasteiger partial charge in [0.15, 0.2) is 0 Å². The number of hydrogen-bond acceptors (Lipinski definition) is 2. The van der Waals surface area contributed by atoms with Crippen molar-refractivity contribution in [1.82, 2.24) is 0 Å². The first kappa shape index (κ1) is 10.4. The molecule has 76 valence electrons. The Balaban J connectivity index is 2.17. The largest absolute Gasteiger partial charge is 0.140 e. The van der Waals surface area contributed by atoms with E-state index in [4.69, 9.17) is 0 Å². The molecule has 0 saturated heterocycles. The van der Waals surface area contributed by atoms with Gasteiger partial charge in [0.2, 0.25) is 0 Å². The van der Waals surface area contributed by atoms with Crippen LogP contribution < -0.4 is 10.9 Å². The molecule has 0 unspecified atom stereocenters. The molecule has 4 heteroatoms. The quantitative estimate of drug-likeness (QED) is 0.533. The van der Waals surface area contributed by atoms with Crippen LogP contribution in [0, 0.1) is 0 Å². The predicted molar refractivity (Wildman–Crippen MR) is 77.5 cm³/mol. The van der Waals surface area contributed by atoms with Gasteiger partial charge in [-0.15, -0.1) is 0 Å². The third kappa shape index (κ3) is 1.61. The zero-order valence-electron chi connectivity index (χ0n) is 9.28. The van der Waals surface area contributed by atoms with E-state index in [1.165, 1.54) is 30.5 Å². The van der Waals surface area contributed by atoms with E-state index in [1.807, 2.05) is 23.5 Å². The standard InChI is InChI=1S/C12H10B2S2/c13-7-3-1-5-9-11(7)16-12-8(14)4-2-6-10(12)15-9/h1-6H,13-14H2. The lowest BCUT2D eigenvalue weighted by Gasteiger charge is -2.21. The van der Waals surface area contributed by atoms with Gasteiger partial charge in [0.1, 0.15) is 15.7 Å². The molecule has 0 aliphatic carbocycles. The van der Waals surface area contributed by atoms with E-state index >= 15 is 0 Å². The van der Waals surface area contributed by atoms with Crippen LogP contribution in [0.5, 0.6) is 0 Å². The lowest BCUT2D eigenvalue weighted by Crippen LogP contribution is -2.13. The van der Waals surface area contributed by atoms with E-state index < -0.39 is 0 Å². The Morgan fingerprint density at radius 1 is 0.688 bits per heavy atom. The van der Waals surface area contributed by atoms with Crippen LogP contribution in [0.2, 0.25) is 0 Å². The average molecular weight is 240 g/mol. The zero-order valence-corrected chi connectivity index (χ0v) is 10.9. The van der Waals surface area contributed by atoms with Crippen molar-refractivity contribution in [3.63, 3.8) is 0 Å². The van der Waals surface area contributed by atoms with Gasteiger partial charge in [-0.3, -0.25) is 0 Å². The van der Waals surface area contributed by atoms with Crippen LogP contribution in [-0.4, -0.2) is 15.7 Å². The third-order valence-electron chi connectivity index (χ3n) is 2.78. The second-order valence-corrected chi connectivity index (χ2v) is 6.11. The van der Waals surface area contributed by atoms with E-state index in [0.717, 1.165) is 0 Å². The van der Waals surface area contributed by atoms with E-state index in [9.17, 15) is 0 Å². The van der Waals surface area contributed by atoms with Crippen LogP contribution in [0.1, 0.15) is 0 Å². The fraction of sp³-hybridized carbons (Fsp3) is 0. The Bertz CT molecular complexity index is 517. The van der Waals surface area contributed by atoms with Crippen LogP contribution in [0.4, 0.5) is 0 Å². The van der Waals surface area contributed by atoms with Crippen molar-refractivity contribution in [3.05, 3.63) is 36.4 Å². The zero-order chi connectivity index (χ0) is 11.1. The summed E-state index contributed by atoms with van der Waals surface area (Å²) >= 11 is 3.80. The predicted octanol–water partition coefficient (Wildman–Crippen LogP) is 0.819. The Labute approximate surface area is 106 Å². The molecule has 0 bridgehead atoms. The molecule has 0 spiro atoms. The molecule has 3 rings (SSSR count). The van der Waals surface area contributed by atoms with Gasteiger partial charge in [-0.2, -0.15) is 0 Å². The van der Waals surface area contributed by atoms with Crippen molar-refractivity contribution < 1.29 is 0 Å². The fourth-order valence-corrected chi connectivity index (χ4v) is 4.43. The lowest BCUT2D eigenvalue weighted by molar-refractivity contribution is 1.19. The van der Waals surface area contributed by atoms with Gasteiger partial charge in [-0.1, -0.05) is 58.7 Å². The Morgan fingerprint density at radius 2 is 1.19 bits per heavy atom. The summed E-state index contributed by atoms with van der Waals surface area (Å²) in [4.78, 5) is 5.63. The highest BCUT2D eigenvalue weighted by Crippen LogP contribution is 2.46. The van der Waals surface area contributed by atoms with E-state index in [-0.39, 0.29) is 0 Å². The molecule has 1 aliphatic heterocycles. The van der Waals surface area contributed by atoms with E-state index in [1.54, 1.807) is 0 Å². The maximum Gasteiger partial charge on any atom is 0.140 e. The van der Waals surface area contributed by atoms with E-state index in [2.05, 4.69) is 52.1 Å². The highest BCUT2D eigenvalue weighted by molar-refractivity contribution is 8.05. The number of rotatable bonds is 0. The van der Waals surface area contributed by atoms with Gasteiger partial charge in [0.05, 0.1) is 0 Å². The normalized spacial score (nSPS) is 13.0. The maximum absolute atomic E-state index is 2.21. The van der Waals surface area contributed by atoms with Gasteiger partial charge in [-0.25, -0.2) is 0 Å². The average Bonchev–Trinajstić information content (AvgIpc) is 2.28. The summed E-state index contributed by atoms with van der Waals surface area (Å²) in [5.41, 5.74) is 2.76. The van der Waals surface area contributed by atoms with Crippen LogP contribution in [0.15, 0.2) is 56.0 Å². The number of hydrogen-bond donors (Lipinski definition) is 0. The van der Waals surface area contributed by atoms with Gasteiger partial charge in [0.25, 0.3) is 0 Å². The van der Waals surface area contributed by atoms with Crippen LogP contribution in [-0.2, 0) is 0 Å². The first-order chi connectivity index (χ1) is 7.75. The molecule has 0 radical (unpaired) electrons. The second kappa shape index (κ2) is 3.94. The van der Waals surface area contributed by atoms with Crippen LogP contribution >= 0.6 is 23.5 Å². The van der Waals surface area contributed by atoms with Gasteiger partial charge >= 0.3 is 0 Å². The summed E-state index contributed by atoms with van der Waals surface area (Å²) in [5, 5.41) is 0. The van der Waals surface area contributed by atoms with Crippen molar-refractivity contribution in [2.24, 2.45) is 0 Å². The molecule has 0 atom stereocenters. The molecule has 0 N–H and O–H groups in total. The molecule has 16 heavy (non-hydrogen) atoms. The van der Waals surface area contributed by atoms with Gasteiger partial charge in [0, 0.05) is 19.6 Å². The summed E-state index contributed by atoms with van der Waals surface area (Å²) in [5.74, 6) is 0. The van der Waals surface area contributed by atoms with Crippen molar-refractivity contribution in [3.8, 4) is 0 Å². The molecule has 1 aliphatic rings. The van der Waals surface area contributed by atoms with Crippen molar-refractivity contribution in [2.45, 2.75) is 19.6 Å². The maximum atomic E-state index is 2.21. The first-order valence-electron chi connectivity index (χ1n) is 5.30. The molecule has 0 saturated carbocycles. The molecule has 2 aromatic rings. The molecule has 0 nitrogen and oxygen atoms in total. The third-order valence-corrected chi connectivity index (χ3v) is 5.65. The Morgan fingerprint density at radius 3 is 1.69 bits per heavy atom. The number of fused-ring (bicyclic) bond motifs is 2. The molecular formula is C12H10B2S2. The Hall–Kier alpha value is -0.730. The van der Waals surface area contributed by atoms with Crippen molar-refractivity contribution in [1.29, 1.82) is 0 Å². The SMILES string of the molecule is Bc1cccc2c1Sc1c(B)cccc1S2. The number of benzene rings is 2. The van der Waals surface area contributed by atoms with Crippen LogP contribution in [0.25, 0.3) is 0 Å². The first-order valence-corrected chi connectivity index (χ1v) is 6.94. The smallest absolute Gasteiger partial charge is 0.0889 e. The highest BCUT2D eigenvalue weighted by Gasteiger charge is 2.18. The topological polar surface area (TPSA) is 0 Å². The summed E-state index contributed by atoms with van der Waals surface area (Å²) in [6.07, 6.45) is 0. The van der Waals surface area contributed by atoms with Crippen molar-refractivity contribution in [2.75, 3.05) is 0 Å². The monoisotopic (exact) mass is 240 g/mol.